The highest BCUT2D eigenvalue weighted by Gasteiger charge is 2.34. The predicted molar refractivity (Wildman–Crippen MR) is 67.4 cm³/mol. The summed E-state index contributed by atoms with van der Waals surface area (Å²) in [5.74, 6) is 1.54. The standard InChI is InChI=1S/C12H17N5O/c1-9-15-16-11-10(13-6-7-17(9)11)14-12(8-18)4-2-3-5-12/h6-7,18H,2-5,8H2,1H3,(H,13,14). The third-order valence-corrected chi connectivity index (χ3v) is 3.74. The van der Waals surface area contributed by atoms with Crippen molar-refractivity contribution in [2.24, 2.45) is 0 Å². The third-order valence-electron chi connectivity index (χ3n) is 3.74. The van der Waals surface area contributed by atoms with Crippen molar-refractivity contribution in [1.29, 1.82) is 0 Å². The number of hydrogen-bond donors (Lipinski definition) is 2. The van der Waals surface area contributed by atoms with Crippen LogP contribution in [0.3, 0.4) is 0 Å². The smallest absolute Gasteiger partial charge is 0.203 e. The molecule has 0 amide bonds. The van der Waals surface area contributed by atoms with Gasteiger partial charge in [-0.05, 0) is 19.8 Å². The fraction of sp³-hybridized carbons (Fsp3) is 0.583. The predicted octanol–water partition coefficient (Wildman–Crippen LogP) is 1.15. The van der Waals surface area contributed by atoms with E-state index >= 15 is 0 Å². The molecule has 1 aliphatic carbocycles. The molecule has 2 heterocycles. The van der Waals surface area contributed by atoms with Crippen molar-refractivity contribution in [3.8, 4) is 0 Å². The summed E-state index contributed by atoms with van der Waals surface area (Å²) < 4.78 is 1.90. The molecule has 0 radical (unpaired) electrons. The molecule has 1 aliphatic rings. The van der Waals surface area contributed by atoms with Gasteiger partial charge in [-0.3, -0.25) is 4.40 Å². The van der Waals surface area contributed by atoms with Gasteiger partial charge in [0.15, 0.2) is 5.82 Å². The van der Waals surface area contributed by atoms with Crippen molar-refractivity contribution >= 4 is 11.5 Å². The highest BCUT2D eigenvalue weighted by Crippen LogP contribution is 2.32. The van der Waals surface area contributed by atoms with Crippen LogP contribution in [0, 0.1) is 6.92 Å². The Labute approximate surface area is 105 Å². The van der Waals surface area contributed by atoms with E-state index in [2.05, 4.69) is 20.5 Å². The van der Waals surface area contributed by atoms with Crippen LogP contribution in [0.1, 0.15) is 31.5 Å². The Morgan fingerprint density at radius 2 is 2.17 bits per heavy atom. The molecule has 0 unspecified atom stereocenters. The third kappa shape index (κ3) is 1.73. The van der Waals surface area contributed by atoms with E-state index in [1.807, 2.05) is 17.5 Å². The van der Waals surface area contributed by atoms with E-state index in [1.54, 1.807) is 6.20 Å². The molecule has 2 aromatic heterocycles. The average Bonchev–Trinajstić information content (AvgIpc) is 2.99. The van der Waals surface area contributed by atoms with Crippen LogP contribution in [0.5, 0.6) is 0 Å². The summed E-state index contributed by atoms with van der Waals surface area (Å²) in [6.45, 7) is 2.03. The molecule has 1 saturated carbocycles. The molecule has 0 aromatic carbocycles. The fourth-order valence-corrected chi connectivity index (χ4v) is 2.66. The topological polar surface area (TPSA) is 75.3 Å². The molecular formula is C12H17N5O. The molecule has 96 valence electrons. The van der Waals surface area contributed by atoms with Crippen molar-refractivity contribution in [3.05, 3.63) is 18.2 Å². The molecule has 0 saturated heterocycles. The zero-order valence-electron chi connectivity index (χ0n) is 10.4. The number of rotatable bonds is 3. The van der Waals surface area contributed by atoms with Crippen LogP contribution >= 0.6 is 0 Å². The second-order valence-corrected chi connectivity index (χ2v) is 4.99. The Kier molecular flexibility index (Phi) is 2.66. The van der Waals surface area contributed by atoms with Crippen LogP contribution in [0.4, 0.5) is 5.82 Å². The van der Waals surface area contributed by atoms with Gasteiger partial charge in [-0.2, -0.15) is 0 Å². The molecular weight excluding hydrogens is 230 g/mol. The number of aliphatic hydroxyl groups excluding tert-OH is 1. The fourth-order valence-electron chi connectivity index (χ4n) is 2.66. The molecule has 1 fully saturated rings. The Bertz CT molecular complexity index is 559. The van der Waals surface area contributed by atoms with Crippen molar-refractivity contribution in [2.45, 2.75) is 38.1 Å². The monoisotopic (exact) mass is 247 g/mol. The van der Waals surface area contributed by atoms with E-state index in [9.17, 15) is 5.11 Å². The van der Waals surface area contributed by atoms with Gasteiger partial charge < -0.3 is 10.4 Å². The maximum atomic E-state index is 9.62. The van der Waals surface area contributed by atoms with Gasteiger partial charge in [0.1, 0.15) is 5.82 Å². The number of hydrogen-bond acceptors (Lipinski definition) is 5. The van der Waals surface area contributed by atoms with Gasteiger partial charge in [-0.15, -0.1) is 10.2 Å². The minimum atomic E-state index is -0.241. The minimum absolute atomic E-state index is 0.128. The number of aromatic nitrogens is 4. The van der Waals surface area contributed by atoms with Crippen LogP contribution in [-0.2, 0) is 0 Å². The first-order valence-corrected chi connectivity index (χ1v) is 6.29. The molecule has 6 nitrogen and oxygen atoms in total. The van der Waals surface area contributed by atoms with Crippen LogP contribution in [0.25, 0.3) is 5.65 Å². The van der Waals surface area contributed by atoms with Crippen molar-refractivity contribution < 1.29 is 5.11 Å². The van der Waals surface area contributed by atoms with E-state index < -0.39 is 0 Å². The van der Waals surface area contributed by atoms with Gasteiger partial charge >= 0.3 is 0 Å². The number of anilines is 1. The Morgan fingerprint density at radius 1 is 1.39 bits per heavy atom. The number of aliphatic hydroxyl groups is 1. The van der Waals surface area contributed by atoms with Crippen LogP contribution in [0.15, 0.2) is 12.4 Å². The molecule has 6 heteroatoms. The van der Waals surface area contributed by atoms with Gasteiger partial charge in [0.25, 0.3) is 0 Å². The lowest BCUT2D eigenvalue weighted by molar-refractivity contribution is 0.214. The SMILES string of the molecule is Cc1nnc2c(NC3(CO)CCCC3)nccn12. The van der Waals surface area contributed by atoms with Crippen LogP contribution in [-0.4, -0.2) is 36.8 Å². The maximum absolute atomic E-state index is 9.62. The summed E-state index contributed by atoms with van der Waals surface area (Å²) in [4.78, 5) is 4.33. The van der Waals surface area contributed by atoms with E-state index in [1.165, 1.54) is 0 Å². The first-order valence-electron chi connectivity index (χ1n) is 6.29. The van der Waals surface area contributed by atoms with Gasteiger partial charge in [0.2, 0.25) is 5.65 Å². The average molecular weight is 247 g/mol. The first kappa shape index (κ1) is 11.4. The molecule has 0 atom stereocenters. The normalized spacial score (nSPS) is 18.3. The number of aryl methyl sites for hydroxylation is 1. The van der Waals surface area contributed by atoms with Crippen molar-refractivity contribution in [1.82, 2.24) is 19.6 Å². The molecule has 0 spiro atoms. The van der Waals surface area contributed by atoms with Gasteiger partial charge in [0, 0.05) is 12.4 Å². The molecule has 0 aliphatic heterocycles. The highest BCUT2D eigenvalue weighted by molar-refractivity contribution is 5.63. The summed E-state index contributed by atoms with van der Waals surface area (Å²) in [6.07, 6.45) is 7.80. The quantitative estimate of drug-likeness (QED) is 0.851. The van der Waals surface area contributed by atoms with Crippen molar-refractivity contribution in [3.63, 3.8) is 0 Å². The Morgan fingerprint density at radius 3 is 2.89 bits per heavy atom. The number of nitrogens with zero attached hydrogens (tertiary/aromatic N) is 4. The molecule has 18 heavy (non-hydrogen) atoms. The second-order valence-electron chi connectivity index (χ2n) is 4.99. The number of fused-ring (bicyclic) bond motifs is 1. The molecule has 0 bridgehead atoms. The second kappa shape index (κ2) is 4.20. The number of nitrogens with one attached hydrogen (secondary N) is 1. The lowest BCUT2D eigenvalue weighted by Crippen LogP contribution is -2.39. The van der Waals surface area contributed by atoms with Crippen LogP contribution < -0.4 is 5.32 Å². The lowest BCUT2D eigenvalue weighted by Gasteiger charge is -2.28. The van der Waals surface area contributed by atoms with E-state index in [0.29, 0.717) is 5.82 Å². The first-order chi connectivity index (χ1) is 8.74. The van der Waals surface area contributed by atoms with Crippen LogP contribution in [0.2, 0.25) is 0 Å². The largest absolute Gasteiger partial charge is 0.394 e. The summed E-state index contributed by atoms with van der Waals surface area (Å²) >= 11 is 0. The van der Waals surface area contributed by atoms with Gasteiger partial charge in [0.05, 0.1) is 12.1 Å². The van der Waals surface area contributed by atoms with E-state index in [0.717, 1.165) is 37.2 Å². The highest BCUT2D eigenvalue weighted by atomic mass is 16.3. The lowest BCUT2D eigenvalue weighted by atomic mass is 9.99. The zero-order valence-corrected chi connectivity index (χ0v) is 10.4. The molecule has 2 N–H and O–H groups in total. The van der Waals surface area contributed by atoms with Gasteiger partial charge in [-0.25, -0.2) is 4.98 Å². The maximum Gasteiger partial charge on any atom is 0.203 e. The Hall–Kier alpha value is -1.69. The Balaban J connectivity index is 1.99. The summed E-state index contributed by atoms with van der Waals surface area (Å²) in [7, 11) is 0. The molecule has 2 aromatic rings. The van der Waals surface area contributed by atoms with E-state index in [-0.39, 0.29) is 12.1 Å². The van der Waals surface area contributed by atoms with Gasteiger partial charge in [-0.1, -0.05) is 12.8 Å². The summed E-state index contributed by atoms with van der Waals surface area (Å²) in [5, 5.41) is 21.2. The minimum Gasteiger partial charge on any atom is -0.394 e. The summed E-state index contributed by atoms with van der Waals surface area (Å²) in [5.41, 5.74) is 0.476. The molecule has 3 rings (SSSR count). The summed E-state index contributed by atoms with van der Waals surface area (Å²) in [6, 6.07) is 0. The zero-order chi connectivity index (χ0) is 12.6. The van der Waals surface area contributed by atoms with E-state index in [4.69, 9.17) is 0 Å². The van der Waals surface area contributed by atoms with Crippen molar-refractivity contribution in [2.75, 3.05) is 11.9 Å².